The van der Waals surface area contributed by atoms with E-state index in [4.69, 9.17) is 4.74 Å². The molecule has 0 saturated carbocycles. The van der Waals surface area contributed by atoms with E-state index < -0.39 is 0 Å². The molecule has 2 nitrogen and oxygen atoms in total. The predicted molar refractivity (Wildman–Crippen MR) is 88.7 cm³/mol. The molecule has 0 saturated heterocycles. The maximum Gasteiger partial charge on any atom is 0.118 e. The van der Waals surface area contributed by atoms with Crippen molar-refractivity contribution in [3.63, 3.8) is 0 Å². The molecule has 0 aromatic heterocycles. The molecule has 0 radical (unpaired) electrons. The number of hydrogen-bond acceptors (Lipinski definition) is 3. The Hall–Kier alpha value is -0.970. The van der Waals surface area contributed by atoms with Gasteiger partial charge in [0.2, 0.25) is 0 Å². The molecule has 0 spiro atoms. The van der Waals surface area contributed by atoms with Gasteiger partial charge in [-0.3, -0.25) is 0 Å². The lowest BCUT2D eigenvalue weighted by Gasteiger charge is -2.13. The number of benzene rings is 2. The first-order valence-corrected chi connectivity index (χ1v) is 8.03. The molecule has 0 fully saturated rings. The molecule has 0 aliphatic heterocycles. The van der Waals surface area contributed by atoms with E-state index in [0.717, 1.165) is 10.2 Å². The summed E-state index contributed by atoms with van der Waals surface area (Å²) in [4.78, 5) is 2.42. The first kappa shape index (κ1) is 15.4. The van der Waals surface area contributed by atoms with Crippen LogP contribution >= 0.6 is 27.7 Å². The van der Waals surface area contributed by atoms with Gasteiger partial charge in [0.15, 0.2) is 0 Å². The van der Waals surface area contributed by atoms with Crippen LogP contribution in [0.25, 0.3) is 0 Å². The Morgan fingerprint density at radius 2 is 1.75 bits per heavy atom. The highest BCUT2D eigenvalue weighted by molar-refractivity contribution is 9.10. The Labute approximate surface area is 133 Å². The molecule has 0 heterocycles. The molecular formula is C16H18BrNOS. The molecule has 0 aliphatic carbocycles. The molecular weight excluding hydrogens is 334 g/mol. The zero-order valence-electron chi connectivity index (χ0n) is 11.8. The quantitative estimate of drug-likeness (QED) is 0.828. The van der Waals surface area contributed by atoms with Gasteiger partial charge in [-0.05, 0) is 55.9 Å². The number of nitrogens with one attached hydrogen (secondary N) is 1. The van der Waals surface area contributed by atoms with Gasteiger partial charge in [0, 0.05) is 20.3 Å². The molecule has 2 rings (SSSR count). The minimum Gasteiger partial charge on any atom is -0.497 e. The van der Waals surface area contributed by atoms with E-state index in [-0.39, 0.29) is 0 Å². The standard InChI is InChI=1S/C16H18BrNOS/c1-11(18-2)15-9-8-14(10-16(15)17)20-13-6-4-12(19-3)5-7-13/h4-11,18H,1-3H3. The van der Waals surface area contributed by atoms with E-state index in [1.54, 1.807) is 18.9 Å². The first-order valence-electron chi connectivity index (χ1n) is 6.42. The van der Waals surface area contributed by atoms with E-state index in [1.165, 1.54) is 15.4 Å². The first-order chi connectivity index (χ1) is 9.63. The Kier molecular flexibility index (Phi) is 5.52. The van der Waals surface area contributed by atoms with Gasteiger partial charge in [0.05, 0.1) is 7.11 Å². The highest BCUT2D eigenvalue weighted by Gasteiger charge is 2.08. The van der Waals surface area contributed by atoms with Crippen LogP contribution in [0.4, 0.5) is 0 Å². The summed E-state index contributed by atoms with van der Waals surface area (Å²) < 4.78 is 6.31. The molecule has 4 heteroatoms. The summed E-state index contributed by atoms with van der Waals surface area (Å²) in [6.07, 6.45) is 0. The van der Waals surface area contributed by atoms with Gasteiger partial charge < -0.3 is 10.1 Å². The number of halogens is 1. The van der Waals surface area contributed by atoms with Crippen molar-refractivity contribution in [2.75, 3.05) is 14.2 Å². The van der Waals surface area contributed by atoms with Crippen LogP contribution < -0.4 is 10.1 Å². The highest BCUT2D eigenvalue weighted by atomic mass is 79.9. The lowest BCUT2D eigenvalue weighted by molar-refractivity contribution is 0.414. The fourth-order valence-corrected chi connectivity index (χ4v) is 3.59. The third-order valence-corrected chi connectivity index (χ3v) is 4.85. The summed E-state index contributed by atoms with van der Waals surface area (Å²) in [6.45, 7) is 2.15. The smallest absolute Gasteiger partial charge is 0.118 e. The minimum absolute atomic E-state index is 0.337. The summed E-state index contributed by atoms with van der Waals surface area (Å²) in [5, 5.41) is 3.25. The zero-order chi connectivity index (χ0) is 14.5. The van der Waals surface area contributed by atoms with Crippen LogP contribution in [0, 0.1) is 0 Å². The predicted octanol–water partition coefficient (Wildman–Crippen LogP) is 4.89. The SMILES string of the molecule is CNC(C)c1ccc(Sc2ccc(OC)cc2)cc1Br. The topological polar surface area (TPSA) is 21.3 Å². The van der Waals surface area contributed by atoms with Crippen molar-refractivity contribution in [3.8, 4) is 5.75 Å². The fraction of sp³-hybridized carbons (Fsp3) is 0.250. The van der Waals surface area contributed by atoms with Crippen molar-refractivity contribution < 1.29 is 4.74 Å². The van der Waals surface area contributed by atoms with E-state index in [1.807, 2.05) is 19.2 Å². The van der Waals surface area contributed by atoms with Crippen LogP contribution in [-0.4, -0.2) is 14.2 Å². The van der Waals surface area contributed by atoms with Gasteiger partial charge in [-0.25, -0.2) is 0 Å². The summed E-state index contributed by atoms with van der Waals surface area (Å²) in [7, 11) is 3.65. The second-order valence-corrected chi connectivity index (χ2v) is 6.47. The van der Waals surface area contributed by atoms with Crippen LogP contribution in [0.15, 0.2) is 56.7 Å². The van der Waals surface area contributed by atoms with E-state index in [2.05, 4.69) is 58.5 Å². The largest absolute Gasteiger partial charge is 0.497 e. The highest BCUT2D eigenvalue weighted by Crippen LogP contribution is 2.33. The van der Waals surface area contributed by atoms with Crippen molar-refractivity contribution in [3.05, 3.63) is 52.5 Å². The summed E-state index contributed by atoms with van der Waals surface area (Å²) >= 11 is 5.39. The second kappa shape index (κ2) is 7.16. The molecule has 1 N–H and O–H groups in total. The Morgan fingerprint density at radius 3 is 2.30 bits per heavy atom. The third kappa shape index (κ3) is 3.78. The average Bonchev–Trinajstić information content (AvgIpc) is 2.47. The summed E-state index contributed by atoms with van der Waals surface area (Å²) in [5.41, 5.74) is 1.27. The van der Waals surface area contributed by atoms with Crippen LogP contribution in [0.2, 0.25) is 0 Å². The van der Waals surface area contributed by atoms with Crippen LogP contribution in [0.1, 0.15) is 18.5 Å². The number of methoxy groups -OCH3 is 1. The zero-order valence-corrected chi connectivity index (χ0v) is 14.2. The number of rotatable bonds is 5. The van der Waals surface area contributed by atoms with Crippen molar-refractivity contribution >= 4 is 27.7 Å². The van der Waals surface area contributed by atoms with Gasteiger partial charge in [-0.1, -0.05) is 33.8 Å². The molecule has 0 amide bonds. The van der Waals surface area contributed by atoms with Crippen molar-refractivity contribution in [1.29, 1.82) is 0 Å². The Morgan fingerprint density at radius 1 is 1.10 bits per heavy atom. The van der Waals surface area contributed by atoms with Gasteiger partial charge in [-0.15, -0.1) is 0 Å². The lowest BCUT2D eigenvalue weighted by Crippen LogP contribution is -2.12. The fourth-order valence-electron chi connectivity index (χ4n) is 1.86. The van der Waals surface area contributed by atoms with E-state index in [9.17, 15) is 0 Å². The Bertz CT molecular complexity index is 571. The lowest BCUT2D eigenvalue weighted by atomic mass is 10.1. The molecule has 2 aromatic rings. The van der Waals surface area contributed by atoms with Crippen molar-refractivity contribution in [2.24, 2.45) is 0 Å². The minimum atomic E-state index is 0.337. The van der Waals surface area contributed by atoms with Crippen LogP contribution in [-0.2, 0) is 0 Å². The second-order valence-electron chi connectivity index (χ2n) is 4.47. The Balaban J connectivity index is 2.15. The monoisotopic (exact) mass is 351 g/mol. The maximum absolute atomic E-state index is 5.17. The molecule has 106 valence electrons. The van der Waals surface area contributed by atoms with Gasteiger partial charge in [0.25, 0.3) is 0 Å². The van der Waals surface area contributed by atoms with E-state index >= 15 is 0 Å². The summed E-state index contributed by atoms with van der Waals surface area (Å²) in [6, 6.07) is 14.9. The number of ether oxygens (including phenoxy) is 1. The molecule has 1 unspecified atom stereocenters. The number of hydrogen-bond donors (Lipinski definition) is 1. The molecule has 20 heavy (non-hydrogen) atoms. The maximum atomic E-state index is 5.17. The average molecular weight is 352 g/mol. The normalized spacial score (nSPS) is 12.2. The van der Waals surface area contributed by atoms with Crippen molar-refractivity contribution in [2.45, 2.75) is 22.8 Å². The van der Waals surface area contributed by atoms with Gasteiger partial charge >= 0.3 is 0 Å². The van der Waals surface area contributed by atoms with Crippen LogP contribution in [0.3, 0.4) is 0 Å². The van der Waals surface area contributed by atoms with Gasteiger partial charge in [0.1, 0.15) is 5.75 Å². The van der Waals surface area contributed by atoms with E-state index in [0.29, 0.717) is 6.04 Å². The van der Waals surface area contributed by atoms with Crippen LogP contribution in [0.5, 0.6) is 5.75 Å². The van der Waals surface area contributed by atoms with Crippen molar-refractivity contribution in [1.82, 2.24) is 5.32 Å². The summed E-state index contributed by atoms with van der Waals surface area (Å²) in [5.74, 6) is 0.883. The molecule has 0 bridgehead atoms. The molecule has 2 aromatic carbocycles. The van der Waals surface area contributed by atoms with Gasteiger partial charge in [-0.2, -0.15) is 0 Å². The molecule has 1 atom stereocenters. The molecule has 0 aliphatic rings. The third-order valence-electron chi connectivity index (χ3n) is 3.17.